The molecule has 3 rings (SSSR count). The first kappa shape index (κ1) is 18.2. The summed E-state index contributed by atoms with van der Waals surface area (Å²) in [5.41, 5.74) is 7.44. The normalized spacial score (nSPS) is 10.6. The monoisotopic (exact) mass is 389 g/mol. The van der Waals surface area contributed by atoms with Crippen molar-refractivity contribution in [3.8, 4) is 11.3 Å². The Balaban J connectivity index is 1.97. The number of primary amides is 1. The summed E-state index contributed by atoms with van der Waals surface area (Å²) in [7, 11) is 0. The van der Waals surface area contributed by atoms with Gasteiger partial charge in [0, 0.05) is 10.6 Å². The summed E-state index contributed by atoms with van der Waals surface area (Å²) < 4.78 is 13.4. The number of halogens is 3. The van der Waals surface area contributed by atoms with Gasteiger partial charge in [-0.1, -0.05) is 47.5 Å². The first-order chi connectivity index (χ1) is 12.5. The van der Waals surface area contributed by atoms with Crippen LogP contribution in [0.15, 0.2) is 60.7 Å². The van der Waals surface area contributed by atoms with Gasteiger partial charge in [-0.2, -0.15) is 0 Å². The molecule has 0 unspecified atom stereocenters. The number of hydrogen-bond acceptors (Lipinski definition) is 2. The summed E-state index contributed by atoms with van der Waals surface area (Å²) >= 11 is 12.0. The molecule has 1 heterocycles. The summed E-state index contributed by atoms with van der Waals surface area (Å²) in [6.07, 6.45) is 0. The Hall–Kier alpha value is -2.63. The molecule has 0 aliphatic heterocycles. The Bertz CT molecular complexity index is 965. The van der Waals surface area contributed by atoms with E-state index in [4.69, 9.17) is 28.9 Å². The molecule has 2 N–H and O–H groups in total. The number of urea groups is 1. The molecule has 2 aromatic carbocycles. The van der Waals surface area contributed by atoms with Crippen LogP contribution in [0.2, 0.25) is 10.0 Å². The van der Waals surface area contributed by atoms with Crippen LogP contribution in [0.25, 0.3) is 11.3 Å². The van der Waals surface area contributed by atoms with E-state index in [1.165, 1.54) is 17.0 Å². The molecule has 0 spiro atoms. The number of hydrogen-bond donors (Lipinski definition) is 1. The zero-order chi connectivity index (χ0) is 18.7. The summed E-state index contributed by atoms with van der Waals surface area (Å²) in [5.74, 6) is -0.153. The Labute approximate surface area is 160 Å². The largest absolute Gasteiger partial charge is 0.351 e. The second kappa shape index (κ2) is 7.72. The zero-order valence-electron chi connectivity index (χ0n) is 13.5. The predicted molar refractivity (Wildman–Crippen MR) is 102 cm³/mol. The Morgan fingerprint density at radius 3 is 2.50 bits per heavy atom. The van der Waals surface area contributed by atoms with Crippen molar-refractivity contribution < 1.29 is 9.18 Å². The van der Waals surface area contributed by atoms with Crippen molar-refractivity contribution in [2.75, 3.05) is 4.90 Å². The number of amides is 2. The summed E-state index contributed by atoms with van der Waals surface area (Å²) in [4.78, 5) is 17.7. The van der Waals surface area contributed by atoms with Gasteiger partial charge >= 0.3 is 6.03 Å². The first-order valence-corrected chi connectivity index (χ1v) is 8.44. The molecule has 0 atom stereocenters. The van der Waals surface area contributed by atoms with Gasteiger partial charge in [0.05, 0.1) is 17.3 Å². The van der Waals surface area contributed by atoms with E-state index in [0.29, 0.717) is 22.1 Å². The molecule has 0 bridgehead atoms. The molecular weight excluding hydrogens is 376 g/mol. The van der Waals surface area contributed by atoms with Gasteiger partial charge in [0.2, 0.25) is 0 Å². The number of nitrogens with two attached hydrogens (primary N) is 1. The van der Waals surface area contributed by atoms with Crippen molar-refractivity contribution >= 4 is 35.1 Å². The number of pyridine rings is 1. The minimum Gasteiger partial charge on any atom is -0.351 e. The van der Waals surface area contributed by atoms with Crippen molar-refractivity contribution in [3.63, 3.8) is 0 Å². The minimum absolute atomic E-state index is 0.00229. The molecular formula is C19H14Cl2FN3O. The fraction of sp³-hybridized carbons (Fsp3) is 0.0526. The molecule has 132 valence electrons. The lowest BCUT2D eigenvalue weighted by Gasteiger charge is -2.20. The highest BCUT2D eigenvalue weighted by atomic mass is 35.5. The van der Waals surface area contributed by atoms with Gasteiger partial charge in [0.1, 0.15) is 11.6 Å². The van der Waals surface area contributed by atoms with Gasteiger partial charge in [-0.25, -0.2) is 14.2 Å². The van der Waals surface area contributed by atoms with Crippen LogP contribution < -0.4 is 10.6 Å². The van der Waals surface area contributed by atoms with Gasteiger partial charge in [0.25, 0.3) is 0 Å². The average Bonchev–Trinajstić information content (AvgIpc) is 2.63. The standard InChI is InChI=1S/C19H14Cl2FN3O/c20-14-5-2-1-4-13(14)11-25(19(23)26)18-7-3-6-17(24-18)12-8-9-16(22)15(21)10-12/h1-10H,11H2,(H2,23,26). The lowest BCUT2D eigenvalue weighted by atomic mass is 10.1. The van der Waals surface area contributed by atoms with Crippen LogP contribution in [0.5, 0.6) is 0 Å². The van der Waals surface area contributed by atoms with E-state index in [0.717, 1.165) is 5.56 Å². The highest BCUT2D eigenvalue weighted by molar-refractivity contribution is 6.31. The van der Waals surface area contributed by atoms with Crippen LogP contribution >= 0.6 is 23.2 Å². The van der Waals surface area contributed by atoms with Gasteiger partial charge in [0.15, 0.2) is 0 Å². The van der Waals surface area contributed by atoms with E-state index >= 15 is 0 Å². The van der Waals surface area contributed by atoms with Crippen LogP contribution in [0.4, 0.5) is 15.0 Å². The lowest BCUT2D eigenvalue weighted by molar-refractivity contribution is 0.253. The topological polar surface area (TPSA) is 59.2 Å². The maximum absolute atomic E-state index is 13.4. The Morgan fingerprint density at radius 2 is 1.81 bits per heavy atom. The SMILES string of the molecule is NC(=O)N(Cc1ccccc1Cl)c1cccc(-c2ccc(F)c(Cl)c2)n1. The fourth-order valence-electron chi connectivity index (χ4n) is 2.46. The predicted octanol–water partition coefficient (Wildman–Crippen LogP) is 5.28. The molecule has 4 nitrogen and oxygen atoms in total. The number of aromatic nitrogens is 1. The van der Waals surface area contributed by atoms with Crippen LogP contribution in [0.3, 0.4) is 0 Å². The maximum Gasteiger partial charge on any atom is 0.320 e. The minimum atomic E-state index is -0.660. The zero-order valence-corrected chi connectivity index (χ0v) is 15.0. The Morgan fingerprint density at radius 1 is 1.04 bits per heavy atom. The first-order valence-electron chi connectivity index (χ1n) is 7.68. The van der Waals surface area contributed by atoms with Crippen LogP contribution in [0.1, 0.15) is 5.56 Å². The second-order valence-corrected chi connectivity index (χ2v) is 6.34. The lowest BCUT2D eigenvalue weighted by Crippen LogP contribution is -2.35. The third-order valence-electron chi connectivity index (χ3n) is 3.78. The van der Waals surface area contributed by atoms with Gasteiger partial charge < -0.3 is 5.73 Å². The molecule has 2 amide bonds. The molecule has 0 saturated heterocycles. The highest BCUT2D eigenvalue weighted by Gasteiger charge is 2.17. The van der Waals surface area contributed by atoms with Crippen molar-refractivity contribution in [2.45, 2.75) is 6.54 Å². The van der Waals surface area contributed by atoms with Crippen molar-refractivity contribution in [3.05, 3.63) is 82.1 Å². The van der Waals surface area contributed by atoms with E-state index < -0.39 is 11.8 Å². The average molecular weight is 390 g/mol. The number of carbonyl (C=O) groups excluding carboxylic acids is 1. The van der Waals surface area contributed by atoms with Gasteiger partial charge in [-0.15, -0.1) is 0 Å². The molecule has 0 fully saturated rings. The van der Waals surface area contributed by atoms with Crippen molar-refractivity contribution in [2.24, 2.45) is 5.73 Å². The molecule has 0 aliphatic carbocycles. The van der Waals surface area contributed by atoms with E-state index in [-0.39, 0.29) is 11.6 Å². The number of rotatable bonds is 4. The maximum atomic E-state index is 13.4. The molecule has 3 aromatic rings. The number of nitrogens with zero attached hydrogens (tertiary/aromatic N) is 2. The molecule has 0 radical (unpaired) electrons. The van der Waals surface area contributed by atoms with Crippen molar-refractivity contribution in [1.82, 2.24) is 4.98 Å². The summed E-state index contributed by atoms with van der Waals surface area (Å²) in [6.45, 7) is 0.176. The molecule has 0 aliphatic rings. The summed E-state index contributed by atoms with van der Waals surface area (Å²) in [6, 6.07) is 16.0. The van der Waals surface area contributed by atoms with Crippen LogP contribution in [0, 0.1) is 5.82 Å². The third kappa shape index (κ3) is 3.95. The molecule has 26 heavy (non-hydrogen) atoms. The summed E-state index contributed by atoms with van der Waals surface area (Å²) in [5, 5.41) is 0.526. The molecule has 7 heteroatoms. The van der Waals surface area contributed by atoms with E-state index in [1.807, 2.05) is 12.1 Å². The quantitative estimate of drug-likeness (QED) is 0.659. The number of anilines is 1. The van der Waals surface area contributed by atoms with Crippen LogP contribution in [-0.2, 0) is 6.54 Å². The smallest absolute Gasteiger partial charge is 0.320 e. The van der Waals surface area contributed by atoms with E-state index in [2.05, 4.69) is 4.98 Å². The van der Waals surface area contributed by atoms with Gasteiger partial charge in [-0.05, 0) is 42.0 Å². The van der Waals surface area contributed by atoms with E-state index in [1.54, 1.807) is 36.4 Å². The third-order valence-corrected chi connectivity index (χ3v) is 4.44. The highest BCUT2D eigenvalue weighted by Crippen LogP contribution is 2.26. The second-order valence-electron chi connectivity index (χ2n) is 5.53. The van der Waals surface area contributed by atoms with E-state index in [9.17, 15) is 9.18 Å². The van der Waals surface area contributed by atoms with Crippen LogP contribution in [-0.4, -0.2) is 11.0 Å². The fourth-order valence-corrected chi connectivity index (χ4v) is 2.83. The number of carbonyl (C=O) groups is 1. The number of benzene rings is 2. The Kier molecular flexibility index (Phi) is 5.40. The van der Waals surface area contributed by atoms with Crippen molar-refractivity contribution in [1.29, 1.82) is 0 Å². The van der Waals surface area contributed by atoms with Gasteiger partial charge in [-0.3, -0.25) is 4.90 Å². The molecule has 0 saturated carbocycles. The molecule has 1 aromatic heterocycles.